The van der Waals surface area contributed by atoms with Crippen LogP contribution in [0.1, 0.15) is 46.2 Å². The Hall–Kier alpha value is -3.45. The molecule has 1 spiro atoms. The van der Waals surface area contributed by atoms with Gasteiger partial charge < -0.3 is 19.0 Å². The van der Waals surface area contributed by atoms with Gasteiger partial charge in [-0.05, 0) is 49.6 Å². The Balaban J connectivity index is 1.90. The van der Waals surface area contributed by atoms with Gasteiger partial charge in [0.05, 0.1) is 23.2 Å². The number of hydrogen-bond donors (Lipinski definition) is 0. The fourth-order valence-electron chi connectivity index (χ4n) is 5.17. The molecule has 3 aromatic rings. The van der Waals surface area contributed by atoms with Crippen LogP contribution in [-0.2, 0) is 15.1 Å². The molecule has 33 heavy (non-hydrogen) atoms. The van der Waals surface area contributed by atoms with E-state index in [2.05, 4.69) is 0 Å². The Labute approximate surface area is 191 Å². The molecular formula is C26H26N2O5. The number of ether oxygens (including phenoxy) is 1. The second-order valence-electron chi connectivity index (χ2n) is 8.70. The van der Waals surface area contributed by atoms with Crippen molar-refractivity contribution in [3.05, 3.63) is 74.6 Å². The first-order valence-electron chi connectivity index (χ1n) is 11.2. The molecule has 7 nitrogen and oxygen atoms in total. The van der Waals surface area contributed by atoms with Crippen LogP contribution < -0.4 is 10.3 Å². The second-order valence-corrected chi connectivity index (χ2v) is 8.70. The summed E-state index contributed by atoms with van der Waals surface area (Å²) in [4.78, 5) is 45.0. The fourth-order valence-corrected chi connectivity index (χ4v) is 5.17. The highest BCUT2D eigenvalue weighted by Crippen LogP contribution is 2.52. The first-order chi connectivity index (χ1) is 15.9. The van der Waals surface area contributed by atoms with Gasteiger partial charge in [-0.1, -0.05) is 25.1 Å². The molecule has 170 valence electrons. The molecule has 1 atom stereocenters. The molecule has 0 radical (unpaired) electrons. The molecule has 0 fully saturated rings. The number of aryl methyl sites for hydroxylation is 2. The van der Waals surface area contributed by atoms with Crippen molar-refractivity contribution < 1.29 is 18.7 Å². The molecule has 7 heteroatoms. The molecule has 0 N–H and O–H groups in total. The van der Waals surface area contributed by atoms with Gasteiger partial charge in [0.25, 0.3) is 11.8 Å². The van der Waals surface area contributed by atoms with Gasteiger partial charge in [-0.3, -0.25) is 14.4 Å². The summed E-state index contributed by atoms with van der Waals surface area (Å²) in [5.41, 5.74) is 1.79. The summed E-state index contributed by atoms with van der Waals surface area (Å²) in [7, 11) is 1.54. The third kappa shape index (κ3) is 2.69. The lowest BCUT2D eigenvalue weighted by atomic mass is 9.84. The minimum atomic E-state index is -1.57. The van der Waals surface area contributed by atoms with E-state index in [-0.39, 0.29) is 35.8 Å². The lowest BCUT2D eigenvalue weighted by Crippen LogP contribution is -2.54. The maximum atomic E-state index is 14.2. The van der Waals surface area contributed by atoms with E-state index in [1.165, 1.54) is 12.0 Å². The smallest absolute Gasteiger partial charge is 0.291 e. The van der Waals surface area contributed by atoms with E-state index < -0.39 is 11.4 Å². The van der Waals surface area contributed by atoms with Crippen LogP contribution in [0.4, 0.5) is 5.69 Å². The van der Waals surface area contributed by atoms with Crippen molar-refractivity contribution in [3.8, 4) is 0 Å². The topological polar surface area (TPSA) is 80.1 Å². The minimum absolute atomic E-state index is 0.0617. The van der Waals surface area contributed by atoms with E-state index in [0.717, 1.165) is 17.5 Å². The van der Waals surface area contributed by atoms with Gasteiger partial charge in [-0.25, -0.2) is 0 Å². The summed E-state index contributed by atoms with van der Waals surface area (Å²) in [6.07, 6.45) is 0.736. The molecule has 3 heterocycles. The van der Waals surface area contributed by atoms with Crippen molar-refractivity contribution in [2.45, 2.75) is 32.7 Å². The lowest BCUT2D eigenvalue weighted by molar-refractivity contribution is -0.126. The summed E-state index contributed by atoms with van der Waals surface area (Å²) in [5, 5.41) is 0.372. The summed E-state index contributed by atoms with van der Waals surface area (Å²) in [6, 6.07) is 10.9. The lowest BCUT2D eigenvalue weighted by Gasteiger charge is -2.34. The number of fused-ring (bicyclic) bond motifs is 5. The monoisotopic (exact) mass is 446 g/mol. The van der Waals surface area contributed by atoms with Gasteiger partial charge in [0.1, 0.15) is 5.58 Å². The molecule has 2 amide bonds. The number of para-hydroxylation sites is 1. The fraction of sp³-hybridized carbons (Fsp3) is 0.346. The molecule has 2 aromatic carbocycles. The Morgan fingerprint density at radius 1 is 1.03 bits per heavy atom. The van der Waals surface area contributed by atoms with Gasteiger partial charge in [-0.15, -0.1) is 0 Å². The van der Waals surface area contributed by atoms with Gasteiger partial charge in [0.2, 0.25) is 5.76 Å². The van der Waals surface area contributed by atoms with E-state index in [1.54, 1.807) is 17.0 Å². The van der Waals surface area contributed by atoms with Gasteiger partial charge in [0, 0.05) is 25.8 Å². The molecular weight excluding hydrogens is 420 g/mol. The second kappa shape index (κ2) is 7.56. The third-order valence-corrected chi connectivity index (χ3v) is 6.82. The number of amides is 2. The summed E-state index contributed by atoms with van der Waals surface area (Å²) in [6.45, 7) is 6.69. The Bertz CT molecular complexity index is 1380. The third-order valence-electron chi connectivity index (χ3n) is 6.82. The van der Waals surface area contributed by atoms with Crippen LogP contribution >= 0.6 is 0 Å². The number of rotatable bonds is 5. The van der Waals surface area contributed by atoms with Crippen LogP contribution in [0.2, 0.25) is 0 Å². The van der Waals surface area contributed by atoms with Crippen LogP contribution in [-0.4, -0.2) is 43.5 Å². The largest absolute Gasteiger partial charge is 0.450 e. The van der Waals surface area contributed by atoms with Crippen molar-refractivity contribution in [1.29, 1.82) is 0 Å². The van der Waals surface area contributed by atoms with Crippen LogP contribution in [0, 0.1) is 13.8 Å². The molecule has 1 unspecified atom stereocenters. The highest BCUT2D eigenvalue weighted by Gasteiger charge is 2.64. The van der Waals surface area contributed by atoms with E-state index >= 15 is 0 Å². The standard InChI is InChI=1S/C26H26N2O5/c1-5-10-27-19-9-7-6-8-18(19)26(25(27)31)21-22(29)17-13-15(2)16(3)14-20(17)33-23(21)24(30)28(26)11-12-32-4/h6-9,13-14H,5,10-12H2,1-4H3. The molecule has 2 aliphatic rings. The molecule has 5 rings (SSSR count). The predicted octanol–water partition coefficient (Wildman–Crippen LogP) is 3.51. The molecule has 0 bridgehead atoms. The molecule has 2 aliphatic heterocycles. The van der Waals surface area contributed by atoms with E-state index in [9.17, 15) is 14.4 Å². The zero-order valence-corrected chi connectivity index (χ0v) is 19.2. The average molecular weight is 447 g/mol. The summed E-state index contributed by atoms with van der Waals surface area (Å²) < 4.78 is 11.3. The van der Waals surface area contributed by atoms with E-state index in [4.69, 9.17) is 9.15 Å². The van der Waals surface area contributed by atoms with Crippen molar-refractivity contribution in [1.82, 2.24) is 4.90 Å². The maximum absolute atomic E-state index is 14.2. The van der Waals surface area contributed by atoms with Crippen molar-refractivity contribution in [2.75, 3.05) is 31.7 Å². The van der Waals surface area contributed by atoms with Gasteiger partial charge >= 0.3 is 0 Å². The normalized spacial score (nSPS) is 19.2. The maximum Gasteiger partial charge on any atom is 0.291 e. The number of hydrogen-bond acceptors (Lipinski definition) is 5. The number of carbonyl (C=O) groups is 2. The quantitative estimate of drug-likeness (QED) is 0.599. The highest BCUT2D eigenvalue weighted by molar-refractivity contribution is 6.17. The number of anilines is 1. The Morgan fingerprint density at radius 3 is 2.48 bits per heavy atom. The van der Waals surface area contributed by atoms with Crippen LogP contribution in [0.3, 0.4) is 0 Å². The van der Waals surface area contributed by atoms with Gasteiger partial charge in [-0.2, -0.15) is 0 Å². The summed E-state index contributed by atoms with van der Waals surface area (Å²) >= 11 is 0. The summed E-state index contributed by atoms with van der Waals surface area (Å²) in [5.74, 6) is -0.835. The van der Waals surface area contributed by atoms with Crippen molar-refractivity contribution >= 4 is 28.5 Å². The SMILES string of the molecule is CCCN1C(=O)C2(c3ccccc31)c1c(oc3cc(C)c(C)cc3c1=O)C(=O)N2CCOC. The zero-order chi connectivity index (χ0) is 23.5. The number of carbonyl (C=O) groups excluding carboxylic acids is 2. The Kier molecular flexibility index (Phi) is 4.90. The molecule has 1 aromatic heterocycles. The predicted molar refractivity (Wildman–Crippen MR) is 125 cm³/mol. The van der Waals surface area contributed by atoms with E-state index in [0.29, 0.717) is 28.8 Å². The van der Waals surface area contributed by atoms with Crippen LogP contribution in [0.25, 0.3) is 11.0 Å². The van der Waals surface area contributed by atoms with Gasteiger partial charge in [0.15, 0.2) is 11.0 Å². The van der Waals surface area contributed by atoms with E-state index in [1.807, 2.05) is 45.0 Å². The van der Waals surface area contributed by atoms with Crippen LogP contribution in [0.5, 0.6) is 0 Å². The molecule has 0 aliphatic carbocycles. The Morgan fingerprint density at radius 2 is 1.76 bits per heavy atom. The first-order valence-corrected chi connectivity index (χ1v) is 11.2. The number of methoxy groups -OCH3 is 1. The number of nitrogens with zero attached hydrogens (tertiary/aromatic N) is 2. The molecule has 0 saturated carbocycles. The minimum Gasteiger partial charge on any atom is -0.450 e. The molecule has 0 saturated heterocycles. The van der Waals surface area contributed by atoms with Crippen molar-refractivity contribution in [2.24, 2.45) is 0 Å². The van der Waals surface area contributed by atoms with Crippen LogP contribution in [0.15, 0.2) is 45.6 Å². The first kappa shape index (κ1) is 21.4. The number of benzene rings is 2. The average Bonchev–Trinajstić information content (AvgIpc) is 3.19. The highest BCUT2D eigenvalue weighted by atomic mass is 16.5. The zero-order valence-electron chi connectivity index (χ0n) is 19.2. The van der Waals surface area contributed by atoms with Crippen molar-refractivity contribution in [3.63, 3.8) is 0 Å².